The van der Waals surface area contributed by atoms with Gasteiger partial charge in [-0.05, 0) is 60.9 Å². The van der Waals surface area contributed by atoms with Crippen LogP contribution in [0.5, 0.6) is 23.0 Å². The van der Waals surface area contributed by atoms with Crippen molar-refractivity contribution in [1.29, 1.82) is 0 Å². The van der Waals surface area contributed by atoms with Crippen LogP contribution in [0, 0.1) is 0 Å². The SMILES string of the molecule is O=C(NCCc1ccc(Cl)cc1OCCCF)c1ccc(Oc2cc3c(cc2Cl)C(C(=O)O)CCO3)cc1. The molecule has 3 aromatic carbocycles. The highest BCUT2D eigenvalue weighted by molar-refractivity contribution is 6.32. The van der Waals surface area contributed by atoms with Gasteiger partial charge in [-0.15, -0.1) is 0 Å². The van der Waals surface area contributed by atoms with E-state index in [0.717, 1.165) is 5.56 Å². The molecule has 38 heavy (non-hydrogen) atoms. The minimum absolute atomic E-state index is 0.247. The Morgan fingerprint density at radius 2 is 1.87 bits per heavy atom. The lowest BCUT2D eigenvalue weighted by atomic mass is 9.93. The molecule has 0 fully saturated rings. The van der Waals surface area contributed by atoms with Crippen LogP contribution in [0.2, 0.25) is 10.0 Å². The highest BCUT2D eigenvalue weighted by atomic mass is 35.5. The first-order chi connectivity index (χ1) is 18.4. The Hall–Kier alpha value is -3.49. The summed E-state index contributed by atoms with van der Waals surface area (Å²) >= 11 is 12.4. The smallest absolute Gasteiger partial charge is 0.311 e. The van der Waals surface area contributed by atoms with Crippen LogP contribution in [-0.4, -0.2) is 43.4 Å². The van der Waals surface area contributed by atoms with Crippen molar-refractivity contribution < 1.29 is 33.3 Å². The predicted molar refractivity (Wildman–Crippen MR) is 142 cm³/mol. The molecule has 1 heterocycles. The van der Waals surface area contributed by atoms with E-state index < -0.39 is 18.6 Å². The minimum Gasteiger partial charge on any atom is -0.493 e. The first kappa shape index (κ1) is 27.5. The van der Waals surface area contributed by atoms with E-state index in [1.165, 1.54) is 0 Å². The van der Waals surface area contributed by atoms with Gasteiger partial charge in [-0.2, -0.15) is 0 Å². The molecule has 1 aliphatic rings. The van der Waals surface area contributed by atoms with Gasteiger partial charge >= 0.3 is 5.97 Å². The Labute approximate surface area is 229 Å². The molecule has 0 spiro atoms. The first-order valence-corrected chi connectivity index (χ1v) is 12.8. The molecule has 0 aromatic heterocycles. The normalized spacial score (nSPS) is 14.2. The van der Waals surface area contributed by atoms with E-state index in [0.29, 0.717) is 71.6 Å². The molecule has 10 heteroatoms. The maximum absolute atomic E-state index is 12.6. The van der Waals surface area contributed by atoms with E-state index >= 15 is 0 Å². The summed E-state index contributed by atoms with van der Waals surface area (Å²) in [5.41, 5.74) is 1.82. The Morgan fingerprint density at radius 1 is 1.08 bits per heavy atom. The van der Waals surface area contributed by atoms with E-state index in [2.05, 4.69) is 5.32 Å². The average Bonchev–Trinajstić information content (AvgIpc) is 2.90. The fourth-order valence-corrected chi connectivity index (χ4v) is 4.42. The van der Waals surface area contributed by atoms with Gasteiger partial charge in [0.25, 0.3) is 5.91 Å². The lowest BCUT2D eigenvalue weighted by Crippen LogP contribution is -2.25. The topological polar surface area (TPSA) is 94.1 Å². The number of hydrogen-bond donors (Lipinski definition) is 2. The zero-order valence-corrected chi connectivity index (χ0v) is 21.9. The summed E-state index contributed by atoms with van der Waals surface area (Å²) in [5.74, 6) is -0.0919. The molecule has 0 saturated heterocycles. The highest BCUT2D eigenvalue weighted by Gasteiger charge is 2.29. The molecular weight excluding hydrogens is 536 g/mol. The van der Waals surface area contributed by atoms with Crippen LogP contribution in [0.15, 0.2) is 54.6 Å². The molecule has 1 amide bonds. The van der Waals surface area contributed by atoms with Crippen LogP contribution in [0.3, 0.4) is 0 Å². The summed E-state index contributed by atoms with van der Waals surface area (Å²) in [5, 5.41) is 13.1. The summed E-state index contributed by atoms with van der Waals surface area (Å²) in [7, 11) is 0. The maximum atomic E-state index is 12.6. The van der Waals surface area contributed by atoms with Crippen molar-refractivity contribution in [3.8, 4) is 23.0 Å². The van der Waals surface area contributed by atoms with E-state index in [1.54, 1.807) is 48.5 Å². The number of alkyl halides is 1. The Balaban J connectivity index is 1.35. The number of hydrogen-bond acceptors (Lipinski definition) is 5. The van der Waals surface area contributed by atoms with Crippen LogP contribution in [0.4, 0.5) is 4.39 Å². The molecule has 1 unspecified atom stereocenters. The van der Waals surface area contributed by atoms with E-state index in [1.807, 2.05) is 6.07 Å². The van der Waals surface area contributed by atoms with Gasteiger partial charge in [-0.25, -0.2) is 0 Å². The highest BCUT2D eigenvalue weighted by Crippen LogP contribution is 2.41. The molecule has 1 atom stereocenters. The van der Waals surface area contributed by atoms with Crippen LogP contribution in [0.1, 0.15) is 40.2 Å². The van der Waals surface area contributed by atoms with Gasteiger partial charge < -0.3 is 24.6 Å². The van der Waals surface area contributed by atoms with Crippen molar-refractivity contribution >= 4 is 35.1 Å². The summed E-state index contributed by atoms with van der Waals surface area (Å²) in [6.45, 7) is 0.440. The number of carbonyl (C=O) groups excluding carboxylic acids is 1. The third-order valence-corrected chi connectivity index (χ3v) is 6.52. The van der Waals surface area contributed by atoms with E-state index in [-0.39, 0.29) is 17.5 Å². The summed E-state index contributed by atoms with van der Waals surface area (Å²) in [6.07, 6.45) is 1.17. The van der Waals surface area contributed by atoms with Gasteiger partial charge in [0.2, 0.25) is 0 Å². The number of benzene rings is 3. The molecule has 0 radical (unpaired) electrons. The van der Waals surface area contributed by atoms with Crippen molar-refractivity contribution in [2.45, 2.75) is 25.2 Å². The number of aliphatic carboxylic acids is 1. The molecule has 0 saturated carbocycles. The number of nitrogens with one attached hydrogen (secondary N) is 1. The maximum Gasteiger partial charge on any atom is 0.311 e. The number of ether oxygens (including phenoxy) is 3. The second-order valence-electron chi connectivity index (χ2n) is 8.62. The average molecular weight is 562 g/mol. The summed E-state index contributed by atoms with van der Waals surface area (Å²) in [4.78, 5) is 24.1. The van der Waals surface area contributed by atoms with E-state index in [9.17, 15) is 19.1 Å². The Morgan fingerprint density at radius 3 is 2.61 bits per heavy atom. The minimum atomic E-state index is -0.927. The number of carbonyl (C=O) groups is 2. The number of carboxylic acid groups (broad SMARTS) is 1. The van der Waals surface area contributed by atoms with Gasteiger partial charge in [0, 0.05) is 35.2 Å². The van der Waals surface area contributed by atoms with Gasteiger partial charge in [0.1, 0.15) is 23.0 Å². The zero-order chi connectivity index (χ0) is 27.1. The molecule has 1 aliphatic heterocycles. The van der Waals surface area contributed by atoms with Gasteiger partial charge in [-0.3, -0.25) is 14.0 Å². The van der Waals surface area contributed by atoms with Crippen LogP contribution >= 0.6 is 23.2 Å². The second-order valence-corrected chi connectivity index (χ2v) is 9.47. The molecule has 200 valence electrons. The van der Waals surface area contributed by atoms with Crippen molar-refractivity contribution in [2.24, 2.45) is 0 Å². The van der Waals surface area contributed by atoms with Crippen molar-refractivity contribution in [1.82, 2.24) is 5.32 Å². The summed E-state index contributed by atoms with van der Waals surface area (Å²) < 4.78 is 29.5. The largest absolute Gasteiger partial charge is 0.493 e. The first-order valence-electron chi connectivity index (χ1n) is 12.1. The lowest BCUT2D eigenvalue weighted by molar-refractivity contribution is -0.139. The molecule has 3 aromatic rings. The number of rotatable bonds is 11. The molecule has 4 rings (SSSR count). The fraction of sp³-hybridized carbons (Fsp3) is 0.286. The standard InChI is InChI=1S/C28H26Cl2FNO6/c29-19-5-2-17(24(14-19)36-12-1-10-31)8-11-32-27(33)18-3-6-20(7-4-18)38-26-16-25-22(15-23(26)30)21(28(34)35)9-13-37-25/h2-7,14-16,21H,1,8-13H2,(H,32,33)(H,34,35). The Bertz CT molecular complexity index is 1300. The monoisotopic (exact) mass is 561 g/mol. The number of amides is 1. The number of halogens is 3. The molecule has 0 bridgehead atoms. The predicted octanol–water partition coefficient (Wildman–Crippen LogP) is 6.45. The van der Waals surface area contributed by atoms with Crippen LogP contribution < -0.4 is 19.5 Å². The third kappa shape index (κ3) is 6.88. The van der Waals surface area contributed by atoms with E-state index in [4.69, 9.17) is 37.4 Å². The second kappa shape index (κ2) is 12.8. The van der Waals surface area contributed by atoms with Crippen molar-refractivity contribution in [2.75, 3.05) is 26.4 Å². The van der Waals surface area contributed by atoms with Crippen molar-refractivity contribution in [3.05, 3.63) is 81.3 Å². The number of carboxylic acids is 1. The molecule has 0 aliphatic carbocycles. The summed E-state index contributed by atoms with van der Waals surface area (Å²) in [6, 6.07) is 14.9. The number of fused-ring (bicyclic) bond motifs is 1. The quantitative estimate of drug-likeness (QED) is 0.261. The lowest BCUT2D eigenvalue weighted by Gasteiger charge is -2.24. The van der Waals surface area contributed by atoms with Gasteiger partial charge in [0.05, 0.1) is 30.8 Å². The van der Waals surface area contributed by atoms with Crippen molar-refractivity contribution in [3.63, 3.8) is 0 Å². The molecule has 7 nitrogen and oxygen atoms in total. The zero-order valence-electron chi connectivity index (χ0n) is 20.3. The molecule has 2 N–H and O–H groups in total. The fourth-order valence-electron chi connectivity index (χ4n) is 4.04. The Kier molecular flexibility index (Phi) is 9.31. The third-order valence-electron chi connectivity index (χ3n) is 5.99. The van der Waals surface area contributed by atoms with Crippen LogP contribution in [-0.2, 0) is 11.2 Å². The van der Waals surface area contributed by atoms with Gasteiger partial charge in [-0.1, -0.05) is 29.3 Å². The van der Waals surface area contributed by atoms with Crippen LogP contribution in [0.25, 0.3) is 0 Å². The van der Waals surface area contributed by atoms with Gasteiger partial charge in [0.15, 0.2) is 0 Å². The molecular formula is C28H26Cl2FNO6.